The van der Waals surface area contributed by atoms with Gasteiger partial charge in [0.2, 0.25) is 0 Å². The van der Waals surface area contributed by atoms with E-state index in [9.17, 15) is 27.1 Å². The molecule has 0 radical (unpaired) electrons. The summed E-state index contributed by atoms with van der Waals surface area (Å²) < 4.78 is 60.7. The smallest absolute Gasteiger partial charge is 0.307 e. The number of fused-ring (bicyclic) bond motifs is 2. The minimum Gasteiger partial charge on any atom is -0.481 e. The van der Waals surface area contributed by atoms with E-state index in [4.69, 9.17) is 4.74 Å². The fraction of sp³-hybridized carbons (Fsp3) is 0.172. The summed E-state index contributed by atoms with van der Waals surface area (Å²) in [4.78, 5) is 21.2. The van der Waals surface area contributed by atoms with Crippen LogP contribution in [0.25, 0.3) is 22.3 Å². The molecule has 3 aromatic carbocycles. The largest absolute Gasteiger partial charge is 0.481 e. The van der Waals surface area contributed by atoms with Crippen LogP contribution in [0.5, 0.6) is 11.5 Å². The van der Waals surface area contributed by atoms with Crippen LogP contribution in [0, 0.1) is 17.6 Å². The Balaban J connectivity index is 1.28. The summed E-state index contributed by atoms with van der Waals surface area (Å²) in [6.07, 6.45) is 5.52. The van der Waals surface area contributed by atoms with Crippen molar-refractivity contribution in [2.75, 3.05) is 6.26 Å². The van der Waals surface area contributed by atoms with Gasteiger partial charge in [-0.15, -0.1) is 0 Å². The summed E-state index contributed by atoms with van der Waals surface area (Å²) in [5.74, 6) is -2.93. The summed E-state index contributed by atoms with van der Waals surface area (Å²) >= 11 is 0. The highest BCUT2D eigenvalue weighted by Gasteiger charge is 2.27. The normalized spacial score (nSPS) is 14.9. The molecule has 0 spiro atoms. The quantitative estimate of drug-likeness (QED) is 0.243. The van der Waals surface area contributed by atoms with Crippen LogP contribution in [-0.2, 0) is 33.9 Å². The second-order valence-corrected chi connectivity index (χ2v) is 11.9. The highest BCUT2D eigenvalue weighted by molar-refractivity contribution is 7.91. The Morgan fingerprint density at radius 1 is 1.07 bits per heavy atom. The Morgan fingerprint density at radius 2 is 1.88 bits per heavy atom. The zero-order chi connectivity index (χ0) is 28.2. The molecule has 1 atom stereocenters. The Labute approximate surface area is 227 Å². The van der Waals surface area contributed by atoms with Crippen molar-refractivity contribution in [1.29, 1.82) is 0 Å². The van der Waals surface area contributed by atoms with Gasteiger partial charge >= 0.3 is 5.97 Å². The number of carboxylic acids is 1. The van der Waals surface area contributed by atoms with E-state index in [0.29, 0.717) is 30.5 Å². The van der Waals surface area contributed by atoms with Crippen LogP contribution in [0.15, 0.2) is 65.8 Å². The molecule has 0 bridgehead atoms. The molecule has 204 valence electrons. The fourth-order valence-corrected chi connectivity index (χ4v) is 6.27. The predicted molar refractivity (Wildman–Crippen MR) is 143 cm³/mol. The van der Waals surface area contributed by atoms with E-state index in [1.165, 1.54) is 24.4 Å². The molecule has 3 N–H and O–H groups in total. The van der Waals surface area contributed by atoms with E-state index >= 15 is 0 Å². The summed E-state index contributed by atoms with van der Waals surface area (Å²) in [5.41, 5.74) is 4.08. The molecule has 1 unspecified atom stereocenters. The SMILES string of the molecule is CS(=O)(=O)c1c(Oc2ccc(F)c(-c3ncc(Cc4ccc5c(c4)CC(C(=O)O)C5)[nH]3)c2)c(F)cc2[nH]ccc12. The summed E-state index contributed by atoms with van der Waals surface area (Å²) in [6.45, 7) is 0. The minimum absolute atomic E-state index is 0.0274. The first-order valence-electron chi connectivity index (χ1n) is 12.4. The molecule has 5 aromatic rings. The van der Waals surface area contributed by atoms with Gasteiger partial charge in [-0.05, 0) is 53.8 Å². The van der Waals surface area contributed by atoms with E-state index < -0.39 is 39.1 Å². The van der Waals surface area contributed by atoms with Gasteiger partial charge in [0.25, 0.3) is 0 Å². The van der Waals surface area contributed by atoms with Crippen LogP contribution in [0.3, 0.4) is 0 Å². The molecule has 0 saturated heterocycles. The lowest BCUT2D eigenvalue weighted by molar-refractivity contribution is -0.141. The number of H-pyrrole nitrogens is 2. The first-order valence-corrected chi connectivity index (χ1v) is 14.3. The third kappa shape index (κ3) is 4.73. The number of aromatic amines is 2. The number of nitrogens with zero attached hydrogens (tertiary/aromatic N) is 1. The number of sulfone groups is 1. The number of carbonyl (C=O) groups is 1. The second kappa shape index (κ2) is 9.60. The topological polar surface area (TPSA) is 125 Å². The van der Waals surface area contributed by atoms with Gasteiger partial charge in [-0.25, -0.2) is 22.2 Å². The molecule has 1 aliphatic carbocycles. The van der Waals surface area contributed by atoms with Crippen molar-refractivity contribution in [1.82, 2.24) is 15.0 Å². The lowest BCUT2D eigenvalue weighted by Crippen LogP contribution is -2.12. The molecular weight excluding hydrogens is 540 g/mol. The van der Waals surface area contributed by atoms with Gasteiger partial charge < -0.3 is 19.8 Å². The molecule has 0 fully saturated rings. The van der Waals surface area contributed by atoms with Crippen molar-refractivity contribution in [3.63, 3.8) is 0 Å². The van der Waals surface area contributed by atoms with E-state index in [1.54, 1.807) is 6.20 Å². The molecule has 0 amide bonds. The van der Waals surface area contributed by atoms with Gasteiger partial charge in [-0.1, -0.05) is 18.2 Å². The Morgan fingerprint density at radius 3 is 2.65 bits per heavy atom. The van der Waals surface area contributed by atoms with Gasteiger partial charge in [0.15, 0.2) is 21.4 Å². The number of imidazole rings is 1. The van der Waals surface area contributed by atoms with E-state index in [1.807, 2.05) is 18.2 Å². The minimum atomic E-state index is -3.89. The standard InChI is InChI=1S/C29H23F2N3O5S/c1-40(37,38)27-21-6-7-32-25(21)13-24(31)26(27)39-20-4-5-23(30)22(12-20)28-33-14-19(34-28)9-15-2-3-16-10-18(29(35)36)11-17(16)8-15/h2-8,12-14,18,32H,9-11H2,1H3,(H,33,34)(H,35,36). The van der Waals surface area contributed by atoms with Crippen molar-refractivity contribution in [3.8, 4) is 22.9 Å². The molecule has 2 aromatic heterocycles. The Bertz CT molecular complexity index is 1910. The van der Waals surface area contributed by atoms with Crippen LogP contribution in [-0.4, -0.2) is 40.7 Å². The van der Waals surface area contributed by atoms with E-state index in [2.05, 4.69) is 15.0 Å². The summed E-state index contributed by atoms with van der Waals surface area (Å²) in [7, 11) is -3.89. The van der Waals surface area contributed by atoms with E-state index in [0.717, 1.165) is 35.1 Å². The summed E-state index contributed by atoms with van der Waals surface area (Å²) in [6, 6.07) is 12.3. The maximum absolute atomic E-state index is 15.0. The van der Waals surface area contributed by atoms with Crippen LogP contribution in [0.4, 0.5) is 8.78 Å². The number of carboxylic acid groups (broad SMARTS) is 1. The Hall–Kier alpha value is -4.51. The number of rotatable bonds is 7. The molecule has 0 aliphatic heterocycles. The maximum Gasteiger partial charge on any atom is 0.307 e. The number of aliphatic carboxylic acids is 1. The van der Waals surface area contributed by atoms with E-state index in [-0.39, 0.29) is 27.4 Å². The first kappa shape index (κ1) is 25.8. The van der Waals surface area contributed by atoms with Gasteiger partial charge in [0, 0.05) is 47.7 Å². The summed E-state index contributed by atoms with van der Waals surface area (Å²) in [5, 5.41) is 9.60. The number of aromatic nitrogens is 3. The molecule has 0 saturated carbocycles. The third-order valence-electron chi connectivity index (χ3n) is 7.08. The molecular formula is C29H23F2N3O5S. The highest BCUT2D eigenvalue weighted by Crippen LogP contribution is 2.38. The first-order chi connectivity index (χ1) is 19.1. The third-order valence-corrected chi connectivity index (χ3v) is 8.22. The number of ether oxygens (including phenoxy) is 1. The van der Waals surface area contributed by atoms with Gasteiger partial charge in [-0.3, -0.25) is 4.79 Å². The number of hydrogen-bond donors (Lipinski definition) is 3. The van der Waals surface area contributed by atoms with Crippen LogP contribution in [0.2, 0.25) is 0 Å². The fourth-order valence-electron chi connectivity index (χ4n) is 5.22. The molecule has 8 nitrogen and oxygen atoms in total. The lowest BCUT2D eigenvalue weighted by Gasteiger charge is -2.13. The number of hydrogen-bond acceptors (Lipinski definition) is 5. The van der Waals surface area contributed by atoms with Crippen molar-refractivity contribution < 1.29 is 31.8 Å². The molecule has 6 rings (SSSR count). The molecule has 11 heteroatoms. The van der Waals surface area contributed by atoms with Gasteiger partial charge in [0.1, 0.15) is 22.3 Å². The number of halogens is 2. The number of nitrogens with one attached hydrogen (secondary N) is 2. The second-order valence-electron chi connectivity index (χ2n) is 9.95. The lowest BCUT2D eigenvalue weighted by atomic mass is 10.0. The zero-order valence-electron chi connectivity index (χ0n) is 21.2. The van der Waals surface area contributed by atoms with Crippen molar-refractivity contribution in [2.24, 2.45) is 5.92 Å². The Kier molecular flexibility index (Phi) is 6.18. The van der Waals surface area contributed by atoms with Crippen molar-refractivity contribution in [3.05, 3.63) is 94.9 Å². The van der Waals surface area contributed by atoms with Crippen molar-refractivity contribution in [2.45, 2.75) is 24.2 Å². The van der Waals surface area contributed by atoms with Gasteiger partial charge in [0.05, 0.1) is 11.5 Å². The highest BCUT2D eigenvalue weighted by atomic mass is 32.2. The van der Waals surface area contributed by atoms with Crippen LogP contribution < -0.4 is 4.74 Å². The van der Waals surface area contributed by atoms with Gasteiger partial charge in [-0.2, -0.15) is 0 Å². The van der Waals surface area contributed by atoms with Crippen LogP contribution >= 0.6 is 0 Å². The molecule has 40 heavy (non-hydrogen) atoms. The predicted octanol–water partition coefficient (Wildman–Crippen LogP) is 5.42. The van der Waals surface area contributed by atoms with Crippen LogP contribution in [0.1, 0.15) is 22.4 Å². The maximum atomic E-state index is 15.0. The molecule has 2 heterocycles. The monoisotopic (exact) mass is 563 g/mol. The average molecular weight is 564 g/mol. The molecule has 1 aliphatic rings. The zero-order valence-corrected chi connectivity index (χ0v) is 22.0. The number of benzene rings is 3. The average Bonchev–Trinajstić information content (AvgIpc) is 3.64. The van der Waals surface area contributed by atoms with Crippen molar-refractivity contribution >= 4 is 26.7 Å².